The van der Waals surface area contributed by atoms with E-state index < -0.39 is 5.54 Å². The summed E-state index contributed by atoms with van der Waals surface area (Å²) >= 11 is 0. The van der Waals surface area contributed by atoms with E-state index in [4.69, 9.17) is 5.73 Å². The second-order valence-electron chi connectivity index (χ2n) is 4.26. The van der Waals surface area contributed by atoms with Gasteiger partial charge in [-0.1, -0.05) is 5.21 Å². The van der Waals surface area contributed by atoms with E-state index in [0.717, 1.165) is 0 Å². The minimum Gasteiger partial charge on any atom is -0.325 e. The molecule has 5 heteroatoms. The summed E-state index contributed by atoms with van der Waals surface area (Å²) in [5.41, 5.74) is 5.98. The van der Waals surface area contributed by atoms with Crippen LogP contribution >= 0.6 is 0 Å². The molecule has 0 radical (unpaired) electrons. The molecule has 0 saturated heterocycles. The first-order valence-electron chi connectivity index (χ1n) is 4.52. The summed E-state index contributed by atoms with van der Waals surface area (Å²) in [7, 11) is 1.77. The smallest absolute Gasteiger partial charge is 0.140 e. The lowest BCUT2D eigenvalue weighted by atomic mass is 9.97. The lowest BCUT2D eigenvalue weighted by Gasteiger charge is -2.16. The molecule has 0 bridgehead atoms. The summed E-state index contributed by atoms with van der Waals surface area (Å²) in [4.78, 5) is 11.5. The first-order chi connectivity index (χ1) is 6.37. The molecule has 78 valence electrons. The summed E-state index contributed by atoms with van der Waals surface area (Å²) in [5, 5.41) is 7.59. The first kappa shape index (κ1) is 10.8. The van der Waals surface area contributed by atoms with E-state index in [2.05, 4.69) is 10.3 Å². The van der Waals surface area contributed by atoms with Crippen LogP contribution in [0.3, 0.4) is 0 Å². The molecule has 5 nitrogen and oxygen atoms in total. The van der Waals surface area contributed by atoms with Crippen LogP contribution in [0.15, 0.2) is 6.20 Å². The number of hydrogen-bond acceptors (Lipinski definition) is 4. The number of aromatic nitrogens is 3. The molecule has 0 aromatic carbocycles. The van der Waals surface area contributed by atoms with E-state index in [9.17, 15) is 4.79 Å². The summed E-state index contributed by atoms with van der Waals surface area (Å²) in [6.45, 7) is 3.67. The normalized spacial score (nSPS) is 11.7. The van der Waals surface area contributed by atoms with Gasteiger partial charge in [0.05, 0.1) is 12.1 Å². The molecule has 1 aromatic rings. The highest BCUT2D eigenvalue weighted by Gasteiger charge is 2.17. The predicted molar refractivity (Wildman–Crippen MR) is 52.6 cm³/mol. The van der Waals surface area contributed by atoms with E-state index in [1.54, 1.807) is 17.9 Å². The Labute approximate surface area is 83.3 Å². The molecule has 0 atom stereocenters. The number of nitrogens with two attached hydrogens (primary N) is 1. The van der Waals surface area contributed by atoms with Crippen LogP contribution in [0.25, 0.3) is 0 Å². The van der Waals surface area contributed by atoms with Gasteiger partial charge in [0.15, 0.2) is 0 Å². The third-order valence-corrected chi connectivity index (χ3v) is 1.68. The van der Waals surface area contributed by atoms with E-state index in [1.165, 1.54) is 0 Å². The fourth-order valence-corrected chi connectivity index (χ4v) is 1.25. The van der Waals surface area contributed by atoms with Crippen LogP contribution in [0, 0.1) is 0 Å². The third kappa shape index (κ3) is 3.66. The highest BCUT2D eigenvalue weighted by Crippen LogP contribution is 2.06. The van der Waals surface area contributed by atoms with Crippen molar-refractivity contribution in [2.75, 3.05) is 0 Å². The van der Waals surface area contributed by atoms with Crippen LogP contribution in [-0.2, 0) is 18.3 Å². The average molecular weight is 196 g/mol. The van der Waals surface area contributed by atoms with Crippen molar-refractivity contribution in [2.45, 2.75) is 32.2 Å². The number of carbonyl (C=O) groups is 1. The van der Waals surface area contributed by atoms with Gasteiger partial charge in [0.25, 0.3) is 0 Å². The van der Waals surface area contributed by atoms with Crippen molar-refractivity contribution in [3.8, 4) is 0 Å². The Morgan fingerprint density at radius 1 is 1.64 bits per heavy atom. The van der Waals surface area contributed by atoms with Crippen molar-refractivity contribution in [1.29, 1.82) is 0 Å². The van der Waals surface area contributed by atoms with Crippen LogP contribution in [0.4, 0.5) is 0 Å². The Balaban J connectivity index is 2.50. The van der Waals surface area contributed by atoms with Gasteiger partial charge in [-0.05, 0) is 13.8 Å². The maximum absolute atomic E-state index is 11.5. The van der Waals surface area contributed by atoms with Gasteiger partial charge in [0.1, 0.15) is 5.78 Å². The number of ketones is 1. The number of rotatable bonds is 4. The molecule has 0 amide bonds. The molecule has 0 saturated carbocycles. The van der Waals surface area contributed by atoms with Crippen LogP contribution in [0.2, 0.25) is 0 Å². The largest absolute Gasteiger partial charge is 0.325 e. The standard InChI is InChI=1S/C9H16N4O/c1-9(2,10)5-8(14)4-7-6-13(3)12-11-7/h6H,4-5,10H2,1-3H3. The molecule has 2 N–H and O–H groups in total. The summed E-state index contributed by atoms with van der Waals surface area (Å²) < 4.78 is 1.58. The van der Waals surface area contributed by atoms with Crippen molar-refractivity contribution < 1.29 is 4.79 Å². The molecule has 1 heterocycles. The van der Waals surface area contributed by atoms with Gasteiger partial charge in [-0.15, -0.1) is 5.10 Å². The quantitative estimate of drug-likeness (QED) is 0.738. The van der Waals surface area contributed by atoms with Crippen LogP contribution in [-0.4, -0.2) is 26.3 Å². The number of aryl methyl sites for hydroxylation is 1. The van der Waals surface area contributed by atoms with Gasteiger partial charge in [-0.3, -0.25) is 9.48 Å². The minimum atomic E-state index is -0.445. The van der Waals surface area contributed by atoms with E-state index in [-0.39, 0.29) is 5.78 Å². The first-order valence-corrected chi connectivity index (χ1v) is 4.52. The van der Waals surface area contributed by atoms with Gasteiger partial charge in [-0.25, -0.2) is 0 Å². The lowest BCUT2D eigenvalue weighted by Crippen LogP contribution is -2.35. The molecule has 0 aliphatic heterocycles. The fourth-order valence-electron chi connectivity index (χ4n) is 1.25. The highest BCUT2D eigenvalue weighted by molar-refractivity contribution is 5.81. The molecule has 0 fully saturated rings. The molecule has 1 rings (SSSR count). The molecule has 1 aromatic heterocycles. The van der Waals surface area contributed by atoms with Gasteiger partial charge >= 0.3 is 0 Å². The summed E-state index contributed by atoms with van der Waals surface area (Å²) in [6, 6.07) is 0. The van der Waals surface area contributed by atoms with Crippen LogP contribution in [0.5, 0.6) is 0 Å². The van der Waals surface area contributed by atoms with Gasteiger partial charge < -0.3 is 5.73 Å². The van der Waals surface area contributed by atoms with E-state index >= 15 is 0 Å². The molecule has 0 spiro atoms. The Bertz CT molecular complexity index is 324. The maximum atomic E-state index is 11.5. The van der Waals surface area contributed by atoms with Crippen molar-refractivity contribution in [3.63, 3.8) is 0 Å². The fraction of sp³-hybridized carbons (Fsp3) is 0.667. The van der Waals surface area contributed by atoms with Crippen molar-refractivity contribution in [1.82, 2.24) is 15.0 Å². The lowest BCUT2D eigenvalue weighted by molar-refractivity contribution is -0.119. The number of carbonyl (C=O) groups excluding carboxylic acids is 1. The summed E-state index contributed by atoms with van der Waals surface area (Å²) in [6.07, 6.45) is 2.42. The SMILES string of the molecule is Cn1cc(CC(=O)CC(C)(C)N)nn1. The van der Waals surface area contributed by atoms with Crippen LogP contribution in [0.1, 0.15) is 26.0 Å². The second kappa shape index (κ2) is 3.88. The average Bonchev–Trinajstić information content (AvgIpc) is 2.30. The zero-order valence-electron chi connectivity index (χ0n) is 8.82. The Kier molecular flexibility index (Phi) is 3.00. The summed E-state index contributed by atoms with van der Waals surface area (Å²) in [5.74, 6) is 0.0954. The van der Waals surface area contributed by atoms with Crippen molar-refractivity contribution in [2.24, 2.45) is 12.8 Å². The Hall–Kier alpha value is -1.23. The number of Topliss-reactive ketones (excluding diaryl/α,β-unsaturated/α-hetero) is 1. The van der Waals surface area contributed by atoms with Gasteiger partial charge in [0.2, 0.25) is 0 Å². The third-order valence-electron chi connectivity index (χ3n) is 1.68. The van der Waals surface area contributed by atoms with E-state index in [1.807, 2.05) is 13.8 Å². The topological polar surface area (TPSA) is 73.8 Å². The zero-order chi connectivity index (χ0) is 10.8. The monoisotopic (exact) mass is 196 g/mol. The molecule has 0 aliphatic carbocycles. The predicted octanol–water partition coefficient (Wildman–Crippen LogP) is 0.0541. The van der Waals surface area contributed by atoms with Gasteiger partial charge in [0, 0.05) is 25.2 Å². The van der Waals surface area contributed by atoms with Crippen molar-refractivity contribution in [3.05, 3.63) is 11.9 Å². The molecular formula is C9H16N4O. The molecule has 14 heavy (non-hydrogen) atoms. The molecular weight excluding hydrogens is 180 g/mol. The molecule has 0 aliphatic rings. The Morgan fingerprint density at radius 2 is 2.29 bits per heavy atom. The highest BCUT2D eigenvalue weighted by atomic mass is 16.1. The van der Waals surface area contributed by atoms with Crippen molar-refractivity contribution >= 4 is 5.78 Å². The van der Waals surface area contributed by atoms with Crippen LogP contribution < -0.4 is 5.73 Å². The maximum Gasteiger partial charge on any atom is 0.140 e. The van der Waals surface area contributed by atoms with E-state index in [0.29, 0.717) is 18.5 Å². The zero-order valence-corrected chi connectivity index (χ0v) is 8.82. The van der Waals surface area contributed by atoms with Gasteiger partial charge in [-0.2, -0.15) is 0 Å². The minimum absolute atomic E-state index is 0.0954. The second-order valence-corrected chi connectivity index (χ2v) is 4.26. The Morgan fingerprint density at radius 3 is 2.71 bits per heavy atom. The number of hydrogen-bond donors (Lipinski definition) is 1. The molecule has 0 unspecified atom stereocenters. The number of nitrogens with zero attached hydrogens (tertiary/aromatic N) is 3.